The van der Waals surface area contributed by atoms with Gasteiger partial charge in [-0.05, 0) is 23.6 Å². The average Bonchev–Trinajstić information content (AvgIpc) is 2.27. The second-order valence-corrected chi connectivity index (χ2v) is 3.87. The van der Waals surface area contributed by atoms with Crippen LogP contribution in [-0.2, 0) is 0 Å². The SMILES string of the molecule is ON1C=CCC2=CC3=CCC=NC3C=C21. The molecule has 1 atom stereocenters. The second kappa shape index (κ2) is 3.21. The van der Waals surface area contributed by atoms with Gasteiger partial charge in [-0.15, -0.1) is 0 Å². The fourth-order valence-electron chi connectivity index (χ4n) is 2.13. The first-order valence-electron chi connectivity index (χ1n) is 5.14. The quantitative estimate of drug-likeness (QED) is 0.650. The number of hydroxylamine groups is 2. The highest BCUT2D eigenvalue weighted by Gasteiger charge is 2.23. The molecule has 3 heteroatoms. The molecule has 3 nitrogen and oxygen atoms in total. The third-order valence-electron chi connectivity index (χ3n) is 2.88. The molecule has 0 aromatic carbocycles. The lowest BCUT2D eigenvalue weighted by atomic mass is 9.90. The number of aliphatic imine (C=N–C) groups is 1. The summed E-state index contributed by atoms with van der Waals surface area (Å²) in [6.07, 6.45) is 13.7. The van der Waals surface area contributed by atoms with E-state index in [1.165, 1.54) is 16.2 Å². The highest BCUT2D eigenvalue weighted by Crippen LogP contribution is 2.32. The molecule has 0 spiro atoms. The molecule has 1 unspecified atom stereocenters. The first-order chi connectivity index (χ1) is 7.34. The van der Waals surface area contributed by atoms with E-state index in [9.17, 15) is 5.21 Å². The monoisotopic (exact) mass is 200 g/mol. The fourth-order valence-corrected chi connectivity index (χ4v) is 2.13. The van der Waals surface area contributed by atoms with E-state index in [1.54, 1.807) is 6.20 Å². The molecule has 0 amide bonds. The van der Waals surface area contributed by atoms with Gasteiger partial charge >= 0.3 is 0 Å². The van der Waals surface area contributed by atoms with E-state index in [1.807, 2.05) is 18.4 Å². The molecule has 0 radical (unpaired) electrons. The van der Waals surface area contributed by atoms with Crippen LogP contribution in [0.1, 0.15) is 12.8 Å². The van der Waals surface area contributed by atoms with Crippen molar-refractivity contribution in [3.05, 3.63) is 47.3 Å². The molecule has 15 heavy (non-hydrogen) atoms. The molecule has 1 aliphatic carbocycles. The maximum absolute atomic E-state index is 9.66. The van der Waals surface area contributed by atoms with Crippen LogP contribution in [0.5, 0.6) is 0 Å². The van der Waals surface area contributed by atoms with Gasteiger partial charge in [-0.25, -0.2) is 5.06 Å². The summed E-state index contributed by atoms with van der Waals surface area (Å²) in [5, 5.41) is 10.8. The molecule has 0 saturated carbocycles. The molecular weight excluding hydrogens is 188 g/mol. The molecule has 2 heterocycles. The molecule has 3 aliphatic rings. The molecule has 0 bridgehead atoms. The van der Waals surface area contributed by atoms with Gasteiger partial charge in [-0.1, -0.05) is 18.2 Å². The van der Waals surface area contributed by atoms with Crippen LogP contribution < -0.4 is 0 Å². The maximum atomic E-state index is 9.66. The van der Waals surface area contributed by atoms with E-state index in [2.05, 4.69) is 17.1 Å². The van der Waals surface area contributed by atoms with Crippen molar-refractivity contribution in [3.8, 4) is 0 Å². The van der Waals surface area contributed by atoms with Gasteiger partial charge in [0.15, 0.2) is 0 Å². The zero-order chi connectivity index (χ0) is 10.3. The second-order valence-electron chi connectivity index (χ2n) is 3.87. The smallest absolute Gasteiger partial charge is 0.0947 e. The summed E-state index contributed by atoms with van der Waals surface area (Å²) >= 11 is 0. The summed E-state index contributed by atoms with van der Waals surface area (Å²) in [6.45, 7) is 0. The molecule has 0 aromatic rings. The Labute approximate surface area is 88.4 Å². The van der Waals surface area contributed by atoms with Gasteiger partial charge in [0.25, 0.3) is 0 Å². The van der Waals surface area contributed by atoms with Crippen LogP contribution >= 0.6 is 0 Å². The Morgan fingerprint density at radius 2 is 2.40 bits per heavy atom. The van der Waals surface area contributed by atoms with E-state index in [-0.39, 0.29) is 6.04 Å². The van der Waals surface area contributed by atoms with Crippen molar-refractivity contribution >= 4 is 6.21 Å². The van der Waals surface area contributed by atoms with Crippen molar-refractivity contribution < 1.29 is 5.21 Å². The summed E-state index contributed by atoms with van der Waals surface area (Å²) in [5.41, 5.74) is 3.29. The topological polar surface area (TPSA) is 35.8 Å². The molecule has 1 N–H and O–H groups in total. The molecule has 3 rings (SSSR count). The average molecular weight is 200 g/mol. The van der Waals surface area contributed by atoms with E-state index in [4.69, 9.17) is 0 Å². The minimum absolute atomic E-state index is 0.0960. The van der Waals surface area contributed by atoms with Gasteiger partial charge in [0.1, 0.15) is 0 Å². The number of dihydropyridines is 1. The van der Waals surface area contributed by atoms with E-state index < -0.39 is 0 Å². The van der Waals surface area contributed by atoms with Gasteiger partial charge in [0, 0.05) is 18.8 Å². The minimum Gasteiger partial charge on any atom is -0.285 e. The van der Waals surface area contributed by atoms with Gasteiger partial charge in [-0.3, -0.25) is 10.2 Å². The van der Waals surface area contributed by atoms with Crippen LogP contribution in [0.25, 0.3) is 0 Å². The van der Waals surface area contributed by atoms with Crippen molar-refractivity contribution in [3.63, 3.8) is 0 Å². The molecule has 76 valence electrons. The van der Waals surface area contributed by atoms with Gasteiger partial charge in [-0.2, -0.15) is 0 Å². The van der Waals surface area contributed by atoms with Crippen molar-refractivity contribution in [2.45, 2.75) is 18.9 Å². The summed E-state index contributed by atoms with van der Waals surface area (Å²) in [5.74, 6) is 0. The van der Waals surface area contributed by atoms with Crippen molar-refractivity contribution in [2.75, 3.05) is 0 Å². The summed E-state index contributed by atoms with van der Waals surface area (Å²) < 4.78 is 0. The number of fused-ring (bicyclic) bond motifs is 2. The van der Waals surface area contributed by atoms with Crippen molar-refractivity contribution in [2.24, 2.45) is 4.99 Å². The number of nitrogens with zero attached hydrogens (tertiary/aromatic N) is 2. The Morgan fingerprint density at radius 1 is 1.47 bits per heavy atom. The predicted molar refractivity (Wildman–Crippen MR) is 58.5 cm³/mol. The van der Waals surface area contributed by atoms with Crippen LogP contribution in [-0.4, -0.2) is 22.5 Å². The lowest BCUT2D eigenvalue weighted by Gasteiger charge is -2.29. The lowest BCUT2D eigenvalue weighted by molar-refractivity contribution is -0.00434. The van der Waals surface area contributed by atoms with Crippen LogP contribution in [0.2, 0.25) is 0 Å². The number of hydrogen-bond acceptors (Lipinski definition) is 3. The summed E-state index contributed by atoms with van der Waals surface area (Å²) in [7, 11) is 0. The Kier molecular flexibility index (Phi) is 1.86. The summed E-state index contributed by atoms with van der Waals surface area (Å²) in [4.78, 5) is 4.40. The maximum Gasteiger partial charge on any atom is 0.0947 e. The van der Waals surface area contributed by atoms with E-state index in [0.717, 1.165) is 18.5 Å². The predicted octanol–water partition coefficient (Wildman–Crippen LogP) is 2.19. The number of hydrogen-bond donors (Lipinski definition) is 1. The minimum atomic E-state index is 0.0960. The Bertz CT molecular complexity index is 441. The fraction of sp³-hybridized carbons (Fsp3) is 0.250. The van der Waals surface area contributed by atoms with Crippen molar-refractivity contribution in [1.29, 1.82) is 0 Å². The zero-order valence-electron chi connectivity index (χ0n) is 8.30. The van der Waals surface area contributed by atoms with Crippen molar-refractivity contribution in [1.82, 2.24) is 5.06 Å². The first-order valence-corrected chi connectivity index (χ1v) is 5.14. The van der Waals surface area contributed by atoms with Gasteiger partial charge < -0.3 is 0 Å². The van der Waals surface area contributed by atoms with Crippen LogP contribution in [0.4, 0.5) is 0 Å². The highest BCUT2D eigenvalue weighted by molar-refractivity contribution is 5.65. The Hall–Kier alpha value is -1.61. The summed E-state index contributed by atoms with van der Waals surface area (Å²) in [6, 6.07) is 0.0960. The van der Waals surface area contributed by atoms with E-state index >= 15 is 0 Å². The van der Waals surface area contributed by atoms with Gasteiger partial charge in [0.2, 0.25) is 0 Å². The Balaban J connectivity index is 2.05. The van der Waals surface area contributed by atoms with Crippen LogP contribution in [0.3, 0.4) is 0 Å². The third kappa shape index (κ3) is 1.36. The number of rotatable bonds is 0. The van der Waals surface area contributed by atoms with Crippen LogP contribution in [0, 0.1) is 0 Å². The largest absolute Gasteiger partial charge is 0.285 e. The normalized spacial score (nSPS) is 27.7. The van der Waals surface area contributed by atoms with Crippen LogP contribution in [0.15, 0.2) is 52.3 Å². The lowest BCUT2D eigenvalue weighted by Crippen LogP contribution is -2.23. The third-order valence-corrected chi connectivity index (χ3v) is 2.88. The molecule has 2 aliphatic heterocycles. The number of allylic oxidation sites excluding steroid dienone is 3. The highest BCUT2D eigenvalue weighted by atomic mass is 16.5. The molecular formula is C12H12N2O. The van der Waals surface area contributed by atoms with Gasteiger partial charge in [0.05, 0.1) is 11.7 Å². The Morgan fingerprint density at radius 3 is 3.33 bits per heavy atom. The standard InChI is InChI=1S/C12H12N2O/c15-14-6-2-4-10-7-9-3-1-5-13-11(9)8-12(10)14/h2-3,5-8,11,15H,1,4H2. The molecule has 0 aromatic heterocycles. The molecule has 0 fully saturated rings. The zero-order valence-corrected chi connectivity index (χ0v) is 8.30. The molecule has 0 saturated heterocycles. The van der Waals surface area contributed by atoms with E-state index in [0.29, 0.717) is 0 Å². The first kappa shape index (κ1) is 8.68.